The van der Waals surface area contributed by atoms with Gasteiger partial charge in [-0.1, -0.05) is 13.3 Å². The van der Waals surface area contributed by atoms with Crippen LogP contribution in [0, 0.1) is 0 Å². The number of carbonyl (C=O) groups is 1. The van der Waals surface area contributed by atoms with Crippen molar-refractivity contribution in [3.8, 4) is 0 Å². The van der Waals surface area contributed by atoms with Gasteiger partial charge in [0.1, 0.15) is 0 Å². The van der Waals surface area contributed by atoms with Gasteiger partial charge in [-0.15, -0.1) is 12.4 Å². The lowest BCUT2D eigenvalue weighted by molar-refractivity contribution is -0.126. The molecule has 1 atom stereocenters. The van der Waals surface area contributed by atoms with E-state index in [4.69, 9.17) is 15.2 Å². The highest BCUT2D eigenvalue weighted by molar-refractivity contribution is 5.85. The molecule has 20 heavy (non-hydrogen) atoms. The first-order chi connectivity index (χ1) is 9.06. The molecule has 0 aliphatic carbocycles. The molecule has 1 aliphatic rings. The lowest BCUT2D eigenvalue weighted by atomic mass is 9.96. The standard InChI is InChI=1S/C14H28N2O3.ClH/c1-3-7-14(2,15)13(17)16-8-4-9-19-12-5-10-18-11-6-12;/h12H,3-11,15H2,1-2H3,(H,16,17);1H. The topological polar surface area (TPSA) is 73.6 Å². The maximum atomic E-state index is 11.8. The number of halogens is 1. The third kappa shape index (κ3) is 7.43. The SMILES string of the molecule is CCCC(C)(N)C(=O)NCCCOC1CCOCC1.Cl. The van der Waals surface area contributed by atoms with Crippen molar-refractivity contribution in [2.45, 2.75) is 57.6 Å². The second kappa shape index (κ2) is 10.4. The molecule has 1 amide bonds. The van der Waals surface area contributed by atoms with Crippen LogP contribution in [0.2, 0.25) is 0 Å². The molecule has 0 aromatic heterocycles. The zero-order valence-electron chi connectivity index (χ0n) is 12.7. The first-order valence-electron chi connectivity index (χ1n) is 7.33. The molecule has 0 spiro atoms. The molecule has 1 rings (SSSR count). The first-order valence-corrected chi connectivity index (χ1v) is 7.33. The van der Waals surface area contributed by atoms with Crippen molar-refractivity contribution >= 4 is 18.3 Å². The average Bonchev–Trinajstić information content (AvgIpc) is 2.39. The van der Waals surface area contributed by atoms with Crippen molar-refractivity contribution in [2.75, 3.05) is 26.4 Å². The van der Waals surface area contributed by atoms with Crippen LogP contribution in [0.4, 0.5) is 0 Å². The van der Waals surface area contributed by atoms with Crippen molar-refractivity contribution in [3.63, 3.8) is 0 Å². The third-order valence-corrected chi connectivity index (χ3v) is 3.42. The Hall–Kier alpha value is -0.360. The van der Waals surface area contributed by atoms with Crippen molar-refractivity contribution in [1.29, 1.82) is 0 Å². The number of nitrogens with one attached hydrogen (secondary N) is 1. The zero-order valence-corrected chi connectivity index (χ0v) is 13.5. The van der Waals surface area contributed by atoms with E-state index in [1.807, 2.05) is 6.92 Å². The van der Waals surface area contributed by atoms with Crippen molar-refractivity contribution in [2.24, 2.45) is 5.73 Å². The summed E-state index contributed by atoms with van der Waals surface area (Å²) in [7, 11) is 0. The second-order valence-electron chi connectivity index (χ2n) is 5.46. The van der Waals surface area contributed by atoms with Gasteiger partial charge in [-0.25, -0.2) is 0 Å². The number of hydrogen-bond donors (Lipinski definition) is 2. The summed E-state index contributed by atoms with van der Waals surface area (Å²) in [5.41, 5.74) is 5.19. The van der Waals surface area contributed by atoms with Crippen LogP contribution in [0.5, 0.6) is 0 Å². The molecule has 1 aliphatic heterocycles. The molecule has 120 valence electrons. The molecule has 1 heterocycles. The van der Waals surface area contributed by atoms with Crippen LogP contribution in [-0.4, -0.2) is 43.9 Å². The highest BCUT2D eigenvalue weighted by Crippen LogP contribution is 2.11. The molecule has 6 heteroatoms. The van der Waals surface area contributed by atoms with Crippen LogP contribution in [0.1, 0.15) is 46.0 Å². The summed E-state index contributed by atoms with van der Waals surface area (Å²) in [4.78, 5) is 11.8. The van der Waals surface area contributed by atoms with Crippen LogP contribution in [0.3, 0.4) is 0 Å². The molecule has 0 aromatic rings. The summed E-state index contributed by atoms with van der Waals surface area (Å²) in [6.45, 7) is 6.71. The number of carbonyl (C=O) groups excluding carboxylic acids is 1. The van der Waals surface area contributed by atoms with Crippen LogP contribution in [0.25, 0.3) is 0 Å². The smallest absolute Gasteiger partial charge is 0.239 e. The number of nitrogens with two attached hydrogens (primary N) is 1. The monoisotopic (exact) mass is 308 g/mol. The zero-order chi connectivity index (χ0) is 14.1. The van der Waals surface area contributed by atoms with Gasteiger partial charge in [0, 0.05) is 26.4 Å². The van der Waals surface area contributed by atoms with E-state index in [1.54, 1.807) is 6.92 Å². The predicted molar refractivity (Wildman–Crippen MR) is 82.2 cm³/mol. The summed E-state index contributed by atoms with van der Waals surface area (Å²) in [6, 6.07) is 0. The van der Waals surface area contributed by atoms with Crippen LogP contribution < -0.4 is 11.1 Å². The normalized spacial score (nSPS) is 18.9. The fraction of sp³-hybridized carbons (Fsp3) is 0.929. The maximum absolute atomic E-state index is 11.8. The minimum Gasteiger partial charge on any atom is -0.381 e. The summed E-state index contributed by atoms with van der Waals surface area (Å²) in [6.07, 6.45) is 4.72. The van der Waals surface area contributed by atoms with Gasteiger partial charge in [-0.05, 0) is 32.6 Å². The van der Waals surface area contributed by atoms with Gasteiger partial charge in [-0.2, -0.15) is 0 Å². The molecule has 0 saturated carbocycles. The predicted octanol–water partition coefficient (Wildman–Crippen LogP) is 1.63. The maximum Gasteiger partial charge on any atom is 0.239 e. The highest BCUT2D eigenvalue weighted by atomic mass is 35.5. The van der Waals surface area contributed by atoms with E-state index in [-0.39, 0.29) is 18.3 Å². The molecule has 3 N–H and O–H groups in total. The number of amides is 1. The van der Waals surface area contributed by atoms with E-state index in [1.165, 1.54) is 0 Å². The van der Waals surface area contributed by atoms with Gasteiger partial charge < -0.3 is 20.5 Å². The molecule has 1 unspecified atom stereocenters. The first kappa shape index (κ1) is 19.6. The lowest BCUT2D eigenvalue weighted by Crippen LogP contribution is -2.51. The summed E-state index contributed by atoms with van der Waals surface area (Å²) in [5.74, 6) is -0.0691. The minimum atomic E-state index is -0.754. The fourth-order valence-corrected chi connectivity index (χ4v) is 2.20. The van der Waals surface area contributed by atoms with E-state index in [0.717, 1.165) is 38.9 Å². The summed E-state index contributed by atoms with van der Waals surface area (Å²) < 4.78 is 11.0. The van der Waals surface area contributed by atoms with Crippen LogP contribution in [0.15, 0.2) is 0 Å². The van der Waals surface area contributed by atoms with E-state index in [9.17, 15) is 4.79 Å². The molecule has 0 bridgehead atoms. The minimum absolute atomic E-state index is 0. The quantitative estimate of drug-likeness (QED) is 0.668. The average molecular weight is 309 g/mol. The number of hydrogen-bond acceptors (Lipinski definition) is 4. The van der Waals surface area contributed by atoms with E-state index < -0.39 is 5.54 Å². The fourth-order valence-electron chi connectivity index (χ4n) is 2.20. The van der Waals surface area contributed by atoms with Gasteiger partial charge in [0.25, 0.3) is 0 Å². The molecule has 1 fully saturated rings. The molecule has 5 nitrogen and oxygen atoms in total. The Labute approximate surface area is 128 Å². The van der Waals surface area contributed by atoms with Gasteiger partial charge in [0.15, 0.2) is 0 Å². The van der Waals surface area contributed by atoms with Gasteiger partial charge in [0.2, 0.25) is 5.91 Å². The van der Waals surface area contributed by atoms with Crippen molar-refractivity contribution in [3.05, 3.63) is 0 Å². The second-order valence-corrected chi connectivity index (χ2v) is 5.46. The Morgan fingerprint density at radius 2 is 2.10 bits per heavy atom. The highest BCUT2D eigenvalue weighted by Gasteiger charge is 2.26. The molecule has 0 radical (unpaired) electrons. The summed E-state index contributed by atoms with van der Waals surface area (Å²) in [5, 5.41) is 2.88. The molecule has 1 saturated heterocycles. The summed E-state index contributed by atoms with van der Waals surface area (Å²) >= 11 is 0. The molecular weight excluding hydrogens is 280 g/mol. The van der Waals surface area contributed by atoms with Crippen LogP contribution >= 0.6 is 12.4 Å². The Morgan fingerprint density at radius 3 is 2.70 bits per heavy atom. The van der Waals surface area contributed by atoms with Gasteiger partial charge >= 0.3 is 0 Å². The number of rotatable bonds is 8. The van der Waals surface area contributed by atoms with Crippen molar-refractivity contribution < 1.29 is 14.3 Å². The third-order valence-electron chi connectivity index (χ3n) is 3.42. The Morgan fingerprint density at radius 1 is 1.45 bits per heavy atom. The van der Waals surface area contributed by atoms with E-state index in [0.29, 0.717) is 25.7 Å². The van der Waals surface area contributed by atoms with E-state index in [2.05, 4.69) is 5.32 Å². The molecule has 0 aromatic carbocycles. The van der Waals surface area contributed by atoms with Crippen molar-refractivity contribution in [1.82, 2.24) is 5.32 Å². The Balaban J connectivity index is 0.00000361. The van der Waals surface area contributed by atoms with Gasteiger partial charge in [-0.3, -0.25) is 4.79 Å². The molecular formula is C14H29ClN2O3. The lowest BCUT2D eigenvalue weighted by Gasteiger charge is -2.24. The number of ether oxygens (including phenoxy) is 2. The van der Waals surface area contributed by atoms with Crippen LogP contribution in [-0.2, 0) is 14.3 Å². The van der Waals surface area contributed by atoms with E-state index >= 15 is 0 Å². The Bertz CT molecular complexity index is 269. The Kier molecular flexibility index (Phi) is 10.2. The largest absolute Gasteiger partial charge is 0.381 e. The van der Waals surface area contributed by atoms with Gasteiger partial charge in [0.05, 0.1) is 11.6 Å².